The van der Waals surface area contributed by atoms with Crippen LogP contribution in [0.5, 0.6) is 0 Å². The number of carboxylic acid groups (broad SMARTS) is 1. The third-order valence-electron chi connectivity index (χ3n) is 4.21. The molecule has 110 valence electrons. The molecule has 20 heavy (non-hydrogen) atoms. The maximum atomic E-state index is 10.9. The number of aliphatic carboxylic acids is 1. The lowest BCUT2D eigenvalue weighted by Gasteiger charge is -2.24. The number of benzene rings is 1. The summed E-state index contributed by atoms with van der Waals surface area (Å²) in [6.45, 7) is 6.02. The smallest absolute Gasteiger partial charge is 0.304 e. The van der Waals surface area contributed by atoms with Crippen molar-refractivity contribution < 1.29 is 9.90 Å². The molecule has 1 saturated heterocycles. The number of carboxylic acids is 1. The average molecular weight is 296 g/mol. The molecule has 1 aromatic carbocycles. The predicted molar refractivity (Wildman–Crippen MR) is 81.6 cm³/mol. The number of likely N-dealkylation sites (N-methyl/N-ethyl adjacent to an activating group) is 1. The van der Waals surface area contributed by atoms with E-state index in [4.69, 9.17) is 16.7 Å². The van der Waals surface area contributed by atoms with E-state index in [1.165, 1.54) is 5.56 Å². The molecule has 0 saturated carbocycles. The van der Waals surface area contributed by atoms with Crippen LogP contribution in [0.4, 0.5) is 0 Å². The van der Waals surface area contributed by atoms with E-state index in [-0.39, 0.29) is 6.42 Å². The second-order valence-corrected chi connectivity index (χ2v) is 6.85. The van der Waals surface area contributed by atoms with Crippen LogP contribution >= 0.6 is 11.6 Å². The quantitative estimate of drug-likeness (QED) is 0.924. The van der Waals surface area contributed by atoms with E-state index in [9.17, 15) is 4.79 Å². The highest BCUT2D eigenvalue weighted by Gasteiger charge is 2.27. The Morgan fingerprint density at radius 1 is 1.50 bits per heavy atom. The van der Waals surface area contributed by atoms with Crippen LogP contribution in [-0.2, 0) is 10.2 Å². The number of rotatable bonds is 4. The molecular formula is C16H22ClNO2. The van der Waals surface area contributed by atoms with Crippen molar-refractivity contribution in [2.24, 2.45) is 0 Å². The topological polar surface area (TPSA) is 40.5 Å². The summed E-state index contributed by atoms with van der Waals surface area (Å²) >= 11 is 6.43. The molecule has 1 aromatic rings. The van der Waals surface area contributed by atoms with Crippen LogP contribution in [0, 0.1) is 0 Å². The molecule has 0 aliphatic carbocycles. The van der Waals surface area contributed by atoms with E-state index in [1.54, 1.807) is 0 Å². The van der Waals surface area contributed by atoms with Crippen molar-refractivity contribution in [2.45, 2.75) is 38.0 Å². The van der Waals surface area contributed by atoms with Gasteiger partial charge in [0.2, 0.25) is 0 Å². The fraction of sp³-hybridized carbons (Fsp3) is 0.562. The van der Waals surface area contributed by atoms with Crippen LogP contribution in [-0.4, -0.2) is 36.1 Å². The van der Waals surface area contributed by atoms with Crippen molar-refractivity contribution in [3.05, 3.63) is 34.3 Å². The minimum atomic E-state index is -0.785. The van der Waals surface area contributed by atoms with Gasteiger partial charge in [0, 0.05) is 17.0 Å². The first-order chi connectivity index (χ1) is 9.29. The van der Waals surface area contributed by atoms with Gasteiger partial charge in [0.15, 0.2) is 0 Å². The zero-order valence-corrected chi connectivity index (χ0v) is 13.1. The summed E-state index contributed by atoms with van der Waals surface area (Å²) in [5.41, 5.74) is 1.77. The van der Waals surface area contributed by atoms with Crippen LogP contribution in [0.2, 0.25) is 5.02 Å². The second kappa shape index (κ2) is 5.74. The molecule has 0 spiro atoms. The first-order valence-corrected chi connectivity index (χ1v) is 7.37. The highest BCUT2D eigenvalue weighted by Crippen LogP contribution is 2.35. The SMILES string of the molecule is CN1CCC(c2ccc(C(C)(C)CC(=O)O)cc2Cl)C1. The van der Waals surface area contributed by atoms with Gasteiger partial charge >= 0.3 is 5.97 Å². The number of carbonyl (C=O) groups is 1. The van der Waals surface area contributed by atoms with Gasteiger partial charge in [-0.1, -0.05) is 37.6 Å². The summed E-state index contributed by atoms with van der Waals surface area (Å²) in [5, 5.41) is 9.76. The van der Waals surface area contributed by atoms with E-state index in [2.05, 4.69) is 18.0 Å². The molecule has 1 N–H and O–H groups in total. The van der Waals surface area contributed by atoms with Crippen LogP contribution in [0.15, 0.2) is 18.2 Å². The third kappa shape index (κ3) is 3.33. The molecule has 0 bridgehead atoms. The summed E-state index contributed by atoms with van der Waals surface area (Å²) in [4.78, 5) is 13.3. The molecule has 4 heteroatoms. The summed E-state index contributed by atoms with van der Waals surface area (Å²) < 4.78 is 0. The van der Waals surface area contributed by atoms with E-state index in [0.29, 0.717) is 5.92 Å². The Labute approximate surface area is 125 Å². The summed E-state index contributed by atoms with van der Waals surface area (Å²) in [6, 6.07) is 6.05. The first-order valence-electron chi connectivity index (χ1n) is 7.00. The normalized spacial score (nSPS) is 20.3. The fourth-order valence-electron chi connectivity index (χ4n) is 2.95. The van der Waals surface area contributed by atoms with Crippen LogP contribution < -0.4 is 0 Å². The van der Waals surface area contributed by atoms with Crippen molar-refractivity contribution in [3.63, 3.8) is 0 Å². The second-order valence-electron chi connectivity index (χ2n) is 6.44. The monoisotopic (exact) mass is 295 g/mol. The summed E-state index contributed by atoms with van der Waals surface area (Å²) in [5.74, 6) is -0.295. The first kappa shape index (κ1) is 15.3. The lowest BCUT2D eigenvalue weighted by atomic mass is 9.80. The molecule has 0 aromatic heterocycles. The molecule has 1 heterocycles. The van der Waals surface area contributed by atoms with Crippen LogP contribution in [0.3, 0.4) is 0 Å². The molecule has 1 atom stereocenters. The minimum Gasteiger partial charge on any atom is -0.481 e. The molecule has 1 aliphatic heterocycles. The van der Waals surface area contributed by atoms with Gasteiger partial charge in [-0.05, 0) is 43.1 Å². The lowest BCUT2D eigenvalue weighted by Crippen LogP contribution is -2.21. The van der Waals surface area contributed by atoms with Gasteiger partial charge in [-0.2, -0.15) is 0 Å². The Kier molecular flexibility index (Phi) is 4.40. The Bertz CT molecular complexity index is 513. The van der Waals surface area contributed by atoms with Gasteiger partial charge in [-0.25, -0.2) is 0 Å². The van der Waals surface area contributed by atoms with Gasteiger partial charge in [-0.3, -0.25) is 4.79 Å². The molecule has 1 unspecified atom stereocenters. The molecular weight excluding hydrogens is 274 g/mol. The lowest BCUT2D eigenvalue weighted by molar-refractivity contribution is -0.138. The van der Waals surface area contributed by atoms with Gasteiger partial charge in [0.25, 0.3) is 0 Å². The van der Waals surface area contributed by atoms with Crippen molar-refractivity contribution in [3.8, 4) is 0 Å². The Hall–Kier alpha value is -1.06. The van der Waals surface area contributed by atoms with Crippen molar-refractivity contribution in [1.82, 2.24) is 4.90 Å². The van der Waals surface area contributed by atoms with E-state index in [0.717, 1.165) is 30.1 Å². The number of hydrogen-bond donors (Lipinski definition) is 1. The average Bonchev–Trinajstić information content (AvgIpc) is 2.73. The number of halogens is 1. The van der Waals surface area contributed by atoms with E-state index < -0.39 is 11.4 Å². The predicted octanol–water partition coefficient (Wildman–Crippen LogP) is 3.51. The molecule has 2 rings (SSSR count). The van der Waals surface area contributed by atoms with E-state index >= 15 is 0 Å². The molecule has 0 radical (unpaired) electrons. The Morgan fingerprint density at radius 2 is 2.20 bits per heavy atom. The highest BCUT2D eigenvalue weighted by atomic mass is 35.5. The highest BCUT2D eigenvalue weighted by molar-refractivity contribution is 6.31. The number of likely N-dealkylation sites (tertiary alicyclic amines) is 1. The van der Waals surface area contributed by atoms with E-state index in [1.807, 2.05) is 26.0 Å². The zero-order valence-electron chi connectivity index (χ0n) is 12.3. The Morgan fingerprint density at radius 3 is 2.70 bits per heavy atom. The zero-order chi connectivity index (χ0) is 14.9. The summed E-state index contributed by atoms with van der Waals surface area (Å²) in [7, 11) is 2.12. The summed E-state index contributed by atoms with van der Waals surface area (Å²) in [6.07, 6.45) is 1.24. The third-order valence-corrected chi connectivity index (χ3v) is 4.53. The van der Waals surface area contributed by atoms with Gasteiger partial charge in [0.05, 0.1) is 6.42 Å². The molecule has 1 aliphatic rings. The van der Waals surface area contributed by atoms with Crippen molar-refractivity contribution in [2.75, 3.05) is 20.1 Å². The minimum absolute atomic E-state index is 0.106. The standard InChI is InChI=1S/C16H22ClNO2/c1-16(2,9-15(19)20)12-4-5-13(14(17)8-12)11-6-7-18(3)10-11/h4-5,8,11H,6-7,9-10H2,1-3H3,(H,19,20). The molecule has 1 fully saturated rings. The maximum absolute atomic E-state index is 10.9. The fourth-order valence-corrected chi connectivity index (χ4v) is 3.28. The van der Waals surface area contributed by atoms with Gasteiger partial charge < -0.3 is 10.0 Å². The maximum Gasteiger partial charge on any atom is 0.304 e. The van der Waals surface area contributed by atoms with Crippen LogP contribution in [0.1, 0.15) is 43.7 Å². The molecule has 3 nitrogen and oxygen atoms in total. The largest absolute Gasteiger partial charge is 0.481 e. The van der Waals surface area contributed by atoms with Crippen molar-refractivity contribution in [1.29, 1.82) is 0 Å². The van der Waals surface area contributed by atoms with Gasteiger partial charge in [0.1, 0.15) is 0 Å². The number of nitrogens with zero attached hydrogens (tertiary/aromatic N) is 1. The van der Waals surface area contributed by atoms with Gasteiger partial charge in [-0.15, -0.1) is 0 Å². The van der Waals surface area contributed by atoms with Crippen LogP contribution in [0.25, 0.3) is 0 Å². The van der Waals surface area contributed by atoms with Crippen molar-refractivity contribution >= 4 is 17.6 Å². The Balaban J connectivity index is 2.23. The number of hydrogen-bond acceptors (Lipinski definition) is 2. The molecule has 0 amide bonds.